The zero-order valence-electron chi connectivity index (χ0n) is 11.1. The molecule has 0 heterocycles. The molecule has 0 spiro atoms. The quantitative estimate of drug-likeness (QED) is 0.435. The van der Waals surface area contributed by atoms with Crippen LogP contribution in [-0.2, 0) is 11.3 Å². The molecule has 1 rings (SSSR count). The molecule has 1 nitrogen and oxygen atoms in total. The van der Waals surface area contributed by atoms with Gasteiger partial charge >= 0.3 is 0 Å². The van der Waals surface area contributed by atoms with Crippen LogP contribution in [0.5, 0.6) is 0 Å². The van der Waals surface area contributed by atoms with Crippen molar-refractivity contribution in [3.8, 4) is 11.5 Å². The Kier molecular flexibility index (Phi) is 6.03. The van der Waals surface area contributed by atoms with Gasteiger partial charge in [-0.2, -0.15) is 0 Å². The fraction of sp³-hybridized carbons (Fsp3) is 0.467. The van der Waals surface area contributed by atoms with E-state index >= 15 is 0 Å². The fourth-order valence-electron chi connectivity index (χ4n) is 1.35. The lowest BCUT2D eigenvalue weighted by Crippen LogP contribution is -2.16. The summed E-state index contributed by atoms with van der Waals surface area (Å²) in [5.74, 6) is 3.26. The lowest BCUT2D eigenvalue weighted by molar-refractivity contribution is 0.119. The second-order valence-electron chi connectivity index (χ2n) is 5.19. The first kappa shape index (κ1) is 14.0. The SMILES string of the molecule is C[Si](C)(C)C#CCCCOCc1ccccc1. The highest BCUT2D eigenvalue weighted by atomic mass is 28.3. The Morgan fingerprint density at radius 3 is 2.47 bits per heavy atom. The summed E-state index contributed by atoms with van der Waals surface area (Å²) in [7, 11) is -1.18. The van der Waals surface area contributed by atoms with Gasteiger partial charge in [0.25, 0.3) is 0 Å². The van der Waals surface area contributed by atoms with Crippen LogP contribution in [0.3, 0.4) is 0 Å². The van der Waals surface area contributed by atoms with Gasteiger partial charge in [0.2, 0.25) is 0 Å². The molecule has 0 atom stereocenters. The van der Waals surface area contributed by atoms with Crippen LogP contribution < -0.4 is 0 Å². The molecule has 0 amide bonds. The van der Waals surface area contributed by atoms with Crippen molar-refractivity contribution in [3.63, 3.8) is 0 Å². The average Bonchev–Trinajstić information content (AvgIpc) is 2.28. The zero-order chi connectivity index (χ0) is 12.6. The first-order valence-electron chi connectivity index (χ1n) is 6.20. The molecule has 0 N–H and O–H groups in total. The number of hydrogen-bond acceptors (Lipinski definition) is 1. The van der Waals surface area contributed by atoms with E-state index in [1.54, 1.807) is 0 Å². The Hall–Kier alpha value is -1.04. The summed E-state index contributed by atoms with van der Waals surface area (Å²) in [5.41, 5.74) is 4.60. The summed E-state index contributed by atoms with van der Waals surface area (Å²) < 4.78 is 5.60. The van der Waals surface area contributed by atoms with E-state index < -0.39 is 8.07 Å². The summed E-state index contributed by atoms with van der Waals surface area (Å²) >= 11 is 0. The van der Waals surface area contributed by atoms with Crippen molar-refractivity contribution in [1.82, 2.24) is 0 Å². The maximum atomic E-state index is 5.60. The highest BCUT2D eigenvalue weighted by Crippen LogP contribution is 2.01. The molecule has 0 bridgehead atoms. The topological polar surface area (TPSA) is 9.23 Å². The summed E-state index contributed by atoms with van der Waals surface area (Å²) in [4.78, 5) is 0. The van der Waals surface area contributed by atoms with Crippen molar-refractivity contribution >= 4 is 8.07 Å². The molecule has 0 aromatic heterocycles. The van der Waals surface area contributed by atoms with E-state index in [1.165, 1.54) is 5.56 Å². The van der Waals surface area contributed by atoms with E-state index in [-0.39, 0.29) is 0 Å². The molecule has 0 fully saturated rings. The summed E-state index contributed by atoms with van der Waals surface area (Å²) in [6.07, 6.45) is 1.99. The van der Waals surface area contributed by atoms with Gasteiger partial charge < -0.3 is 4.74 Å². The molecule has 1 aromatic carbocycles. The molecular weight excluding hydrogens is 224 g/mol. The molecule has 1 aromatic rings. The van der Waals surface area contributed by atoms with Crippen LogP contribution in [0.25, 0.3) is 0 Å². The molecule has 92 valence electrons. The normalized spacial score (nSPS) is 10.8. The van der Waals surface area contributed by atoms with Crippen LogP contribution in [0.2, 0.25) is 19.6 Å². The van der Waals surface area contributed by atoms with Gasteiger partial charge in [0.05, 0.1) is 6.61 Å². The van der Waals surface area contributed by atoms with Crippen LogP contribution in [-0.4, -0.2) is 14.7 Å². The molecule has 2 heteroatoms. The van der Waals surface area contributed by atoms with Gasteiger partial charge in [-0.05, 0) is 12.0 Å². The maximum Gasteiger partial charge on any atom is 0.129 e. The zero-order valence-corrected chi connectivity index (χ0v) is 12.1. The van der Waals surface area contributed by atoms with Crippen LogP contribution in [0.4, 0.5) is 0 Å². The smallest absolute Gasteiger partial charge is 0.129 e. The average molecular weight is 246 g/mol. The second kappa shape index (κ2) is 7.32. The molecule has 0 aliphatic heterocycles. The predicted molar refractivity (Wildman–Crippen MR) is 76.5 cm³/mol. The van der Waals surface area contributed by atoms with Crippen molar-refractivity contribution in [2.24, 2.45) is 0 Å². The third-order valence-electron chi connectivity index (χ3n) is 2.17. The lowest BCUT2D eigenvalue weighted by Gasteiger charge is -2.04. The van der Waals surface area contributed by atoms with Gasteiger partial charge in [-0.15, -0.1) is 11.5 Å². The third-order valence-corrected chi connectivity index (χ3v) is 3.09. The van der Waals surface area contributed by atoms with Crippen LogP contribution in [0.15, 0.2) is 30.3 Å². The van der Waals surface area contributed by atoms with Crippen LogP contribution in [0.1, 0.15) is 18.4 Å². The Morgan fingerprint density at radius 2 is 1.82 bits per heavy atom. The fourth-order valence-corrected chi connectivity index (χ4v) is 2.01. The largest absolute Gasteiger partial charge is 0.377 e. The molecular formula is C15H22OSi. The number of benzene rings is 1. The van der Waals surface area contributed by atoms with Gasteiger partial charge in [-0.3, -0.25) is 0 Å². The van der Waals surface area contributed by atoms with Crippen molar-refractivity contribution in [3.05, 3.63) is 35.9 Å². The molecule has 0 radical (unpaired) electrons. The predicted octanol–water partition coefficient (Wildman–Crippen LogP) is 3.86. The first-order chi connectivity index (χ1) is 8.08. The second-order valence-corrected chi connectivity index (χ2v) is 9.94. The minimum Gasteiger partial charge on any atom is -0.377 e. The van der Waals surface area contributed by atoms with Gasteiger partial charge in [0.15, 0.2) is 0 Å². The number of rotatable bonds is 5. The molecule has 0 saturated carbocycles. The third kappa shape index (κ3) is 7.79. The molecule has 0 saturated heterocycles. The first-order valence-corrected chi connectivity index (χ1v) is 9.70. The minimum absolute atomic E-state index is 0.711. The molecule has 0 unspecified atom stereocenters. The van der Waals surface area contributed by atoms with Gasteiger partial charge in [0.1, 0.15) is 8.07 Å². The van der Waals surface area contributed by atoms with Crippen molar-refractivity contribution < 1.29 is 4.74 Å². The van der Waals surface area contributed by atoms with Crippen molar-refractivity contribution in [1.29, 1.82) is 0 Å². The van der Waals surface area contributed by atoms with E-state index in [4.69, 9.17) is 4.74 Å². The number of unbranched alkanes of at least 4 members (excludes halogenated alkanes) is 1. The number of hydrogen-bond donors (Lipinski definition) is 0. The Balaban J connectivity index is 2.07. The molecule has 0 aliphatic rings. The Morgan fingerprint density at radius 1 is 1.12 bits per heavy atom. The van der Waals surface area contributed by atoms with Gasteiger partial charge in [-0.1, -0.05) is 50.0 Å². The van der Waals surface area contributed by atoms with Gasteiger partial charge in [-0.25, -0.2) is 0 Å². The summed E-state index contributed by atoms with van der Waals surface area (Å²) in [6, 6.07) is 10.3. The minimum atomic E-state index is -1.18. The molecule has 17 heavy (non-hydrogen) atoms. The van der Waals surface area contributed by atoms with Gasteiger partial charge in [0, 0.05) is 13.0 Å². The van der Waals surface area contributed by atoms with E-state index in [2.05, 4.69) is 43.2 Å². The van der Waals surface area contributed by atoms with E-state index in [9.17, 15) is 0 Å². The summed E-state index contributed by atoms with van der Waals surface area (Å²) in [6.45, 7) is 8.32. The van der Waals surface area contributed by atoms with Crippen molar-refractivity contribution in [2.45, 2.75) is 39.1 Å². The van der Waals surface area contributed by atoms with E-state index in [0.717, 1.165) is 19.4 Å². The standard InChI is InChI=1S/C15H22OSi/c1-17(2,3)13-9-5-8-12-16-14-15-10-6-4-7-11-15/h4,6-7,10-11H,5,8,12,14H2,1-3H3. The Labute approximate surface area is 106 Å². The van der Waals surface area contributed by atoms with Crippen molar-refractivity contribution in [2.75, 3.05) is 6.61 Å². The molecule has 0 aliphatic carbocycles. The highest BCUT2D eigenvalue weighted by Gasteiger charge is 2.06. The van der Waals surface area contributed by atoms with E-state index in [1.807, 2.05) is 18.2 Å². The maximum absolute atomic E-state index is 5.60. The number of ether oxygens (including phenoxy) is 1. The highest BCUT2D eigenvalue weighted by molar-refractivity contribution is 6.83. The van der Waals surface area contributed by atoms with Crippen LogP contribution in [0, 0.1) is 11.5 Å². The lowest BCUT2D eigenvalue weighted by atomic mass is 10.2. The monoisotopic (exact) mass is 246 g/mol. The summed E-state index contributed by atoms with van der Waals surface area (Å²) in [5, 5.41) is 0. The Bertz CT molecular complexity index is 367. The van der Waals surface area contributed by atoms with E-state index in [0.29, 0.717) is 6.61 Å². The van der Waals surface area contributed by atoms with Crippen LogP contribution >= 0.6 is 0 Å².